The maximum atomic E-state index is 13.3. The van der Waals surface area contributed by atoms with Gasteiger partial charge in [-0.1, -0.05) is 12.1 Å². The molecule has 0 spiro atoms. The molecule has 2 rings (SSSR count). The fraction of sp³-hybridized carbons (Fsp3) is 0.200. The number of hydrogen-bond donors (Lipinski definition) is 2. The van der Waals surface area contributed by atoms with Gasteiger partial charge in [0.2, 0.25) is 0 Å². The van der Waals surface area contributed by atoms with Crippen molar-refractivity contribution in [1.29, 1.82) is 0 Å². The second-order valence-corrected chi connectivity index (χ2v) is 4.50. The Labute approximate surface area is 117 Å². The molecule has 20 heavy (non-hydrogen) atoms. The van der Waals surface area contributed by atoms with E-state index in [1.54, 1.807) is 7.05 Å². The number of carbonyl (C=O) groups is 1. The van der Waals surface area contributed by atoms with Gasteiger partial charge in [0.15, 0.2) is 0 Å². The molecule has 0 aliphatic rings. The third kappa shape index (κ3) is 2.77. The van der Waals surface area contributed by atoms with Crippen molar-refractivity contribution in [1.82, 2.24) is 4.98 Å². The summed E-state index contributed by atoms with van der Waals surface area (Å²) < 4.78 is 13.3. The van der Waals surface area contributed by atoms with E-state index in [0.717, 1.165) is 17.3 Å². The third-order valence-electron chi connectivity index (χ3n) is 3.19. The van der Waals surface area contributed by atoms with E-state index in [2.05, 4.69) is 15.6 Å². The number of hydrogen-bond acceptors (Lipinski definition) is 3. The van der Waals surface area contributed by atoms with Crippen molar-refractivity contribution in [2.24, 2.45) is 0 Å². The van der Waals surface area contributed by atoms with Crippen LogP contribution in [0.1, 0.15) is 21.5 Å². The van der Waals surface area contributed by atoms with Gasteiger partial charge in [-0.15, -0.1) is 0 Å². The Kier molecular flexibility index (Phi) is 3.98. The SMILES string of the molecule is CNc1ncc(F)cc1C(=O)Nc1cccc(C)c1C. The van der Waals surface area contributed by atoms with Gasteiger partial charge >= 0.3 is 0 Å². The molecule has 2 aromatic rings. The lowest BCUT2D eigenvalue weighted by Crippen LogP contribution is -2.16. The van der Waals surface area contributed by atoms with Gasteiger partial charge in [-0.05, 0) is 37.1 Å². The highest BCUT2D eigenvalue weighted by Crippen LogP contribution is 2.20. The standard InChI is InChI=1S/C15H16FN3O/c1-9-5-4-6-13(10(9)2)19-15(20)12-7-11(16)8-18-14(12)17-3/h4-8H,1-3H3,(H,17,18)(H,19,20). The molecule has 0 radical (unpaired) electrons. The van der Waals surface area contributed by atoms with Crippen LogP contribution in [0.2, 0.25) is 0 Å². The van der Waals surface area contributed by atoms with Crippen LogP contribution in [0, 0.1) is 19.7 Å². The van der Waals surface area contributed by atoms with Crippen LogP contribution < -0.4 is 10.6 Å². The van der Waals surface area contributed by atoms with Crippen LogP contribution in [-0.4, -0.2) is 17.9 Å². The van der Waals surface area contributed by atoms with Crippen LogP contribution >= 0.6 is 0 Å². The summed E-state index contributed by atoms with van der Waals surface area (Å²) in [5, 5.41) is 5.56. The van der Waals surface area contributed by atoms with Gasteiger partial charge in [0.25, 0.3) is 5.91 Å². The van der Waals surface area contributed by atoms with Gasteiger partial charge in [-0.2, -0.15) is 0 Å². The Hall–Kier alpha value is -2.43. The van der Waals surface area contributed by atoms with Crippen molar-refractivity contribution < 1.29 is 9.18 Å². The van der Waals surface area contributed by atoms with E-state index in [4.69, 9.17) is 0 Å². The number of anilines is 2. The molecule has 1 heterocycles. The van der Waals surface area contributed by atoms with E-state index in [0.29, 0.717) is 11.5 Å². The molecule has 5 heteroatoms. The molecule has 1 amide bonds. The second kappa shape index (κ2) is 5.69. The molecular weight excluding hydrogens is 257 g/mol. The summed E-state index contributed by atoms with van der Waals surface area (Å²) in [5.74, 6) is -0.598. The number of rotatable bonds is 3. The van der Waals surface area contributed by atoms with Gasteiger partial charge in [0, 0.05) is 12.7 Å². The second-order valence-electron chi connectivity index (χ2n) is 4.50. The molecular formula is C15H16FN3O. The fourth-order valence-electron chi connectivity index (χ4n) is 1.89. The van der Waals surface area contributed by atoms with E-state index >= 15 is 0 Å². The normalized spacial score (nSPS) is 10.2. The highest BCUT2D eigenvalue weighted by molar-refractivity contribution is 6.07. The largest absolute Gasteiger partial charge is 0.372 e. The van der Waals surface area contributed by atoms with Gasteiger partial charge in [-0.25, -0.2) is 9.37 Å². The van der Waals surface area contributed by atoms with Crippen LogP contribution in [0.25, 0.3) is 0 Å². The summed E-state index contributed by atoms with van der Waals surface area (Å²) in [6.45, 7) is 3.89. The van der Waals surface area contributed by atoms with E-state index < -0.39 is 11.7 Å². The van der Waals surface area contributed by atoms with Crippen LogP contribution in [0.3, 0.4) is 0 Å². The monoisotopic (exact) mass is 273 g/mol. The predicted octanol–water partition coefficient (Wildman–Crippen LogP) is 3.13. The zero-order valence-electron chi connectivity index (χ0n) is 11.6. The van der Waals surface area contributed by atoms with Crippen LogP contribution in [-0.2, 0) is 0 Å². The molecule has 0 aliphatic heterocycles. The molecule has 0 saturated carbocycles. The number of nitrogens with zero attached hydrogens (tertiary/aromatic N) is 1. The molecule has 0 unspecified atom stereocenters. The number of halogens is 1. The van der Waals surface area contributed by atoms with Crippen molar-refractivity contribution in [3.8, 4) is 0 Å². The zero-order chi connectivity index (χ0) is 14.7. The van der Waals surface area contributed by atoms with Gasteiger partial charge in [0.05, 0.1) is 11.8 Å². The topological polar surface area (TPSA) is 54.0 Å². The number of pyridine rings is 1. The number of aryl methyl sites for hydroxylation is 1. The first-order valence-electron chi connectivity index (χ1n) is 6.23. The number of nitrogens with one attached hydrogen (secondary N) is 2. The van der Waals surface area contributed by atoms with Gasteiger partial charge in [-0.3, -0.25) is 4.79 Å². The van der Waals surface area contributed by atoms with Crippen LogP contribution in [0.4, 0.5) is 15.9 Å². The Bertz CT molecular complexity index is 656. The van der Waals surface area contributed by atoms with E-state index in [9.17, 15) is 9.18 Å². The lowest BCUT2D eigenvalue weighted by molar-refractivity contribution is 0.102. The Balaban J connectivity index is 2.33. The zero-order valence-corrected chi connectivity index (χ0v) is 11.6. The first-order valence-corrected chi connectivity index (χ1v) is 6.23. The van der Waals surface area contributed by atoms with Gasteiger partial charge in [0.1, 0.15) is 11.6 Å². The number of carbonyl (C=O) groups excluding carboxylic acids is 1. The maximum Gasteiger partial charge on any atom is 0.259 e. The maximum absolute atomic E-state index is 13.3. The van der Waals surface area contributed by atoms with E-state index in [1.165, 1.54) is 6.07 Å². The minimum absolute atomic E-state index is 0.174. The highest BCUT2D eigenvalue weighted by atomic mass is 19.1. The summed E-state index contributed by atoms with van der Waals surface area (Å²) >= 11 is 0. The lowest BCUT2D eigenvalue weighted by Gasteiger charge is -2.12. The molecule has 0 fully saturated rings. The molecule has 104 valence electrons. The van der Waals surface area contributed by atoms with Crippen molar-refractivity contribution >= 4 is 17.4 Å². The smallest absolute Gasteiger partial charge is 0.259 e. The summed E-state index contributed by atoms with van der Waals surface area (Å²) in [4.78, 5) is 16.1. The Morgan fingerprint density at radius 1 is 1.30 bits per heavy atom. The van der Waals surface area contributed by atoms with E-state index in [1.807, 2.05) is 32.0 Å². The van der Waals surface area contributed by atoms with Crippen LogP contribution in [0.5, 0.6) is 0 Å². The summed E-state index contributed by atoms with van der Waals surface area (Å²) in [7, 11) is 1.63. The van der Waals surface area contributed by atoms with E-state index in [-0.39, 0.29) is 5.56 Å². The first-order chi connectivity index (χ1) is 9.52. The molecule has 4 nitrogen and oxygen atoms in total. The third-order valence-corrected chi connectivity index (χ3v) is 3.19. The van der Waals surface area contributed by atoms with Crippen molar-refractivity contribution in [2.75, 3.05) is 17.7 Å². The molecule has 2 N–H and O–H groups in total. The average molecular weight is 273 g/mol. The van der Waals surface area contributed by atoms with Gasteiger partial charge < -0.3 is 10.6 Å². The number of amides is 1. The Morgan fingerprint density at radius 2 is 2.05 bits per heavy atom. The van der Waals surface area contributed by atoms with Crippen LogP contribution in [0.15, 0.2) is 30.5 Å². The molecule has 1 aromatic carbocycles. The summed E-state index contributed by atoms with van der Waals surface area (Å²) in [6, 6.07) is 6.81. The average Bonchev–Trinajstić information content (AvgIpc) is 2.43. The van der Waals surface area contributed by atoms with Crippen molar-refractivity contribution in [3.63, 3.8) is 0 Å². The minimum atomic E-state index is -0.546. The lowest BCUT2D eigenvalue weighted by atomic mass is 10.1. The minimum Gasteiger partial charge on any atom is -0.372 e. The summed E-state index contributed by atoms with van der Waals surface area (Å²) in [6.07, 6.45) is 1.07. The fourth-order valence-corrected chi connectivity index (χ4v) is 1.89. The molecule has 0 bridgehead atoms. The molecule has 0 atom stereocenters. The number of benzene rings is 1. The molecule has 0 saturated heterocycles. The highest BCUT2D eigenvalue weighted by Gasteiger charge is 2.14. The predicted molar refractivity (Wildman–Crippen MR) is 77.6 cm³/mol. The molecule has 1 aromatic heterocycles. The Morgan fingerprint density at radius 3 is 2.75 bits per heavy atom. The number of aromatic nitrogens is 1. The van der Waals surface area contributed by atoms with Crippen molar-refractivity contribution in [3.05, 3.63) is 53.0 Å². The van der Waals surface area contributed by atoms with Crippen molar-refractivity contribution in [2.45, 2.75) is 13.8 Å². The first kappa shape index (κ1) is 14.0. The molecule has 0 aliphatic carbocycles. The summed E-state index contributed by atoms with van der Waals surface area (Å²) in [5.41, 5.74) is 2.94. The quantitative estimate of drug-likeness (QED) is 0.903.